The van der Waals surface area contributed by atoms with Crippen LogP contribution in [0.15, 0.2) is 0 Å². The molecular weight excluding hydrogens is 214 g/mol. The Bertz CT molecular complexity index is 193. The molecule has 0 bridgehead atoms. The Balaban J connectivity index is 3.90. The topological polar surface area (TPSA) is 49.3 Å². The number of nitrogens with one attached hydrogen (secondary N) is 1. The van der Waals surface area contributed by atoms with Crippen LogP contribution in [0.25, 0.3) is 0 Å². The van der Waals surface area contributed by atoms with Crippen molar-refractivity contribution in [3.05, 3.63) is 0 Å². The van der Waals surface area contributed by atoms with Gasteiger partial charge >= 0.3 is 0 Å². The van der Waals surface area contributed by atoms with Crippen molar-refractivity contribution in [2.75, 3.05) is 0 Å². The molecule has 0 aliphatic carbocycles. The molecule has 0 spiro atoms. The van der Waals surface area contributed by atoms with Crippen molar-refractivity contribution in [2.24, 2.45) is 0 Å². The van der Waals surface area contributed by atoms with Gasteiger partial charge in [-0.05, 0) is 26.2 Å². The summed E-state index contributed by atoms with van der Waals surface area (Å²) >= 11 is 0. The monoisotopic (exact) mass is 243 g/mol. The van der Waals surface area contributed by atoms with Crippen LogP contribution in [0.5, 0.6) is 0 Å². The molecule has 0 fully saturated rings. The van der Waals surface area contributed by atoms with Crippen molar-refractivity contribution < 1.29 is 9.90 Å². The lowest BCUT2D eigenvalue weighted by atomic mass is 10.0. The molecule has 2 N–H and O–H groups in total. The lowest BCUT2D eigenvalue weighted by molar-refractivity contribution is -0.122. The molecule has 2 unspecified atom stereocenters. The quantitative estimate of drug-likeness (QED) is 0.579. The number of carbonyl (C=O) groups is 1. The molecule has 0 radical (unpaired) electrons. The van der Waals surface area contributed by atoms with E-state index in [2.05, 4.69) is 19.2 Å². The van der Waals surface area contributed by atoms with Crippen molar-refractivity contribution >= 4 is 5.91 Å². The van der Waals surface area contributed by atoms with Crippen LogP contribution in [0.4, 0.5) is 0 Å². The summed E-state index contributed by atoms with van der Waals surface area (Å²) in [6.07, 6.45) is 7.37. The van der Waals surface area contributed by atoms with Gasteiger partial charge in [-0.3, -0.25) is 4.79 Å². The van der Waals surface area contributed by atoms with Gasteiger partial charge in [-0.25, -0.2) is 0 Å². The number of unbranched alkanes of at least 4 members (excludes halogenated alkanes) is 3. The molecule has 1 amide bonds. The van der Waals surface area contributed by atoms with Gasteiger partial charge in [-0.1, -0.05) is 39.5 Å². The van der Waals surface area contributed by atoms with E-state index in [0.717, 1.165) is 38.5 Å². The van der Waals surface area contributed by atoms with E-state index in [4.69, 9.17) is 0 Å². The highest BCUT2D eigenvalue weighted by molar-refractivity contribution is 5.76. The van der Waals surface area contributed by atoms with Crippen molar-refractivity contribution in [1.29, 1.82) is 0 Å². The second kappa shape index (κ2) is 10.6. The first kappa shape index (κ1) is 16.4. The highest BCUT2D eigenvalue weighted by atomic mass is 16.3. The van der Waals surface area contributed by atoms with Crippen LogP contribution < -0.4 is 5.32 Å². The number of amides is 1. The van der Waals surface area contributed by atoms with Crippen molar-refractivity contribution in [2.45, 2.75) is 84.3 Å². The minimum atomic E-state index is -0.340. The first-order chi connectivity index (χ1) is 8.10. The fraction of sp³-hybridized carbons (Fsp3) is 0.929. The molecule has 102 valence electrons. The second-order valence-electron chi connectivity index (χ2n) is 4.95. The Labute approximate surface area is 106 Å². The molecule has 3 heteroatoms. The van der Waals surface area contributed by atoms with Crippen LogP contribution in [0.1, 0.15) is 72.1 Å². The maximum absolute atomic E-state index is 11.7. The molecule has 0 aliphatic heterocycles. The first-order valence-electron chi connectivity index (χ1n) is 7.07. The van der Waals surface area contributed by atoms with Crippen LogP contribution in [0, 0.1) is 0 Å². The van der Waals surface area contributed by atoms with E-state index < -0.39 is 0 Å². The van der Waals surface area contributed by atoms with Crippen LogP contribution >= 0.6 is 0 Å². The average Bonchev–Trinajstić information content (AvgIpc) is 2.25. The summed E-state index contributed by atoms with van der Waals surface area (Å²) in [5.41, 5.74) is 0. The van der Waals surface area contributed by atoms with Gasteiger partial charge in [-0.15, -0.1) is 0 Å². The number of carbonyl (C=O) groups excluding carboxylic acids is 1. The van der Waals surface area contributed by atoms with Crippen LogP contribution in [0.3, 0.4) is 0 Å². The molecule has 17 heavy (non-hydrogen) atoms. The maximum atomic E-state index is 11.7. The zero-order valence-corrected chi connectivity index (χ0v) is 11.7. The predicted molar refractivity (Wildman–Crippen MR) is 71.9 cm³/mol. The van der Waals surface area contributed by atoms with Gasteiger partial charge in [0.15, 0.2) is 0 Å². The van der Waals surface area contributed by atoms with E-state index in [9.17, 15) is 9.90 Å². The van der Waals surface area contributed by atoms with E-state index in [1.54, 1.807) is 6.92 Å². The third-order valence-electron chi connectivity index (χ3n) is 2.90. The van der Waals surface area contributed by atoms with Crippen LogP contribution in [-0.4, -0.2) is 23.2 Å². The fourth-order valence-electron chi connectivity index (χ4n) is 1.95. The molecule has 2 atom stereocenters. The standard InChI is InChI=1S/C14H29NO2/c1-4-6-8-10-14(17)15-13(9-7-5-2)11-12(3)16/h12-13,16H,4-11H2,1-3H3,(H,15,17). The van der Waals surface area contributed by atoms with Gasteiger partial charge in [0.1, 0.15) is 0 Å². The number of hydrogen-bond acceptors (Lipinski definition) is 2. The SMILES string of the molecule is CCCCCC(=O)NC(CCCC)CC(C)O. The lowest BCUT2D eigenvalue weighted by Gasteiger charge is -2.20. The molecule has 0 aromatic carbocycles. The number of hydrogen-bond donors (Lipinski definition) is 2. The van der Waals surface area contributed by atoms with Gasteiger partial charge < -0.3 is 10.4 Å². The molecular formula is C14H29NO2. The van der Waals surface area contributed by atoms with Crippen molar-refractivity contribution in [1.82, 2.24) is 5.32 Å². The van der Waals surface area contributed by atoms with Crippen molar-refractivity contribution in [3.8, 4) is 0 Å². The van der Waals surface area contributed by atoms with Gasteiger partial charge in [-0.2, -0.15) is 0 Å². The van der Waals surface area contributed by atoms with Gasteiger partial charge in [0.25, 0.3) is 0 Å². The normalized spacial score (nSPS) is 14.4. The van der Waals surface area contributed by atoms with Gasteiger partial charge in [0, 0.05) is 12.5 Å². The van der Waals surface area contributed by atoms with Gasteiger partial charge in [0.2, 0.25) is 5.91 Å². The van der Waals surface area contributed by atoms with Crippen LogP contribution in [0.2, 0.25) is 0 Å². The molecule has 0 heterocycles. The Morgan fingerprint density at radius 3 is 2.35 bits per heavy atom. The third-order valence-corrected chi connectivity index (χ3v) is 2.90. The highest BCUT2D eigenvalue weighted by Gasteiger charge is 2.13. The number of rotatable bonds is 10. The van der Waals surface area contributed by atoms with E-state index in [0.29, 0.717) is 12.8 Å². The minimum absolute atomic E-state index is 0.139. The zero-order chi connectivity index (χ0) is 13.1. The van der Waals surface area contributed by atoms with Gasteiger partial charge in [0.05, 0.1) is 6.10 Å². The summed E-state index contributed by atoms with van der Waals surface area (Å²) in [5, 5.41) is 12.4. The summed E-state index contributed by atoms with van der Waals surface area (Å²) in [7, 11) is 0. The fourth-order valence-corrected chi connectivity index (χ4v) is 1.95. The Hall–Kier alpha value is -0.570. The maximum Gasteiger partial charge on any atom is 0.220 e. The van der Waals surface area contributed by atoms with E-state index in [1.807, 2.05) is 0 Å². The summed E-state index contributed by atoms with van der Waals surface area (Å²) in [6, 6.07) is 0.143. The Morgan fingerprint density at radius 1 is 1.18 bits per heavy atom. The first-order valence-corrected chi connectivity index (χ1v) is 7.07. The highest BCUT2D eigenvalue weighted by Crippen LogP contribution is 2.08. The second-order valence-corrected chi connectivity index (χ2v) is 4.95. The Morgan fingerprint density at radius 2 is 1.82 bits per heavy atom. The zero-order valence-electron chi connectivity index (χ0n) is 11.7. The molecule has 0 aromatic rings. The molecule has 0 saturated heterocycles. The largest absolute Gasteiger partial charge is 0.393 e. The van der Waals surface area contributed by atoms with Crippen LogP contribution in [-0.2, 0) is 4.79 Å². The smallest absolute Gasteiger partial charge is 0.220 e. The van der Waals surface area contributed by atoms with E-state index in [-0.39, 0.29) is 18.1 Å². The predicted octanol–water partition coefficient (Wildman–Crippen LogP) is 3.01. The summed E-state index contributed by atoms with van der Waals surface area (Å²) in [5.74, 6) is 0.139. The summed E-state index contributed by atoms with van der Waals surface area (Å²) in [6.45, 7) is 6.06. The molecule has 3 nitrogen and oxygen atoms in total. The molecule has 0 saturated carbocycles. The third kappa shape index (κ3) is 10.3. The van der Waals surface area contributed by atoms with E-state index >= 15 is 0 Å². The molecule has 0 aromatic heterocycles. The number of aliphatic hydroxyl groups is 1. The molecule has 0 aliphatic rings. The summed E-state index contributed by atoms with van der Waals surface area (Å²) < 4.78 is 0. The minimum Gasteiger partial charge on any atom is -0.393 e. The Kier molecular flexibility index (Phi) is 10.2. The van der Waals surface area contributed by atoms with Crippen molar-refractivity contribution in [3.63, 3.8) is 0 Å². The molecule has 0 rings (SSSR count). The number of aliphatic hydroxyl groups excluding tert-OH is 1. The van der Waals surface area contributed by atoms with E-state index in [1.165, 1.54) is 0 Å². The lowest BCUT2D eigenvalue weighted by Crippen LogP contribution is -2.36. The summed E-state index contributed by atoms with van der Waals surface area (Å²) in [4.78, 5) is 11.7. The average molecular weight is 243 g/mol.